The zero-order valence-corrected chi connectivity index (χ0v) is 10.4. The number of ether oxygens (including phenoxy) is 2. The summed E-state index contributed by atoms with van der Waals surface area (Å²) in [6, 6.07) is 0. The molecule has 0 aliphatic rings. The molecular formula is C12H21O4. The maximum Gasteiger partial charge on any atom is 0.325 e. The summed E-state index contributed by atoms with van der Waals surface area (Å²) in [5.41, 5.74) is 0. The van der Waals surface area contributed by atoms with Gasteiger partial charge in [-0.25, -0.2) is 0 Å². The maximum absolute atomic E-state index is 11.5. The van der Waals surface area contributed by atoms with Gasteiger partial charge in [0.05, 0.1) is 13.2 Å². The normalized spacial score (nSPS) is 10.2. The number of carbonyl (C=O) groups excluding carboxylic acids is 2. The molecule has 0 bridgehead atoms. The van der Waals surface area contributed by atoms with E-state index in [2.05, 4.69) is 6.92 Å². The molecule has 16 heavy (non-hydrogen) atoms. The summed E-state index contributed by atoms with van der Waals surface area (Å²) >= 11 is 0. The van der Waals surface area contributed by atoms with Gasteiger partial charge < -0.3 is 9.47 Å². The highest BCUT2D eigenvalue weighted by Gasteiger charge is 2.29. The molecule has 0 rings (SSSR count). The smallest absolute Gasteiger partial charge is 0.325 e. The van der Waals surface area contributed by atoms with E-state index in [0.29, 0.717) is 6.42 Å². The van der Waals surface area contributed by atoms with Crippen molar-refractivity contribution < 1.29 is 19.1 Å². The average molecular weight is 229 g/mol. The minimum Gasteiger partial charge on any atom is -0.465 e. The van der Waals surface area contributed by atoms with E-state index in [-0.39, 0.29) is 19.1 Å². The third-order valence-corrected chi connectivity index (χ3v) is 2.07. The van der Waals surface area contributed by atoms with Gasteiger partial charge in [-0.3, -0.25) is 9.59 Å². The highest BCUT2D eigenvalue weighted by molar-refractivity contribution is 6.09. The summed E-state index contributed by atoms with van der Waals surface area (Å²) in [4.78, 5) is 23.0. The molecule has 4 heteroatoms. The third-order valence-electron chi connectivity index (χ3n) is 2.07. The van der Waals surface area contributed by atoms with Crippen LogP contribution >= 0.6 is 0 Å². The van der Waals surface area contributed by atoms with Crippen molar-refractivity contribution in [1.29, 1.82) is 0 Å². The van der Waals surface area contributed by atoms with Gasteiger partial charge in [-0.15, -0.1) is 0 Å². The van der Waals surface area contributed by atoms with Gasteiger partial charge in [-0.2, -0.15) is 0 Å². The Hall–Kier alpha value is -1.06. The van der Waals surface area contributed by atoms with Crippen molar-refractivity contribution in [1.82, 2.24) is 0 Å². The van der Waals surface area contributed by atoms with Crippen LogP contribution in [0.15, 0.2) is 0 Å². The van der Waals surface area contributed by atoms with E-state index >= 15 is 0 Å². The first-order chi connectivity index (χ1) is 7.67. The van der Waals surface area contributed by atoms with Gasteiger partial charge in [0.1, 0.15) is 0 Å². The molecule has 0 saturated carbocycles. The molecular weight excluding hydrogens is 208 g/mol. The van der Waals surface area contributed by atoms with E-state index in [4.69, 9.17) is 9.47 Å². The van der Waals surface area contributed by atoms with Gasteiger partial charge in [0.25, 0.3) is 0 Å². The quantitative estimate of drug-likeness (QED) is 0.364. The van der Waals surface area contributed by atoms with Crippen molar-refractivity contribution in [3.63, 3.8) is 0 Å². The Kier molecular flexibility index (Phi) is 8.58. The topological polar surface area (TPSA) is 52.6 Å². The molecule has 0 aromatic heterocycles. The Labute approximate surface area is 97.3 Å². The van der Waals surface area contributed by atoms with Crippen molar-refractivity contribution in [2.24, 2.45) is 0 Å². The first kappa shape index (κ1) is 14.9. The van der Waals surface area contributed by atoms with Gasteiger partial charge >= 0.3 is 11.9 Å². The average Bonchev–Trinajstić information content (AvgIpc) is 2.25. The van der Waals surface area contributed by atoms with Crippen LogP contribution in [0, 0.1) is 5.92 Å². The minimum atomic E-state index is -0.544. The van der Waals surface area contributed by atoms with E-state index in [9.17, 15) is 9.59 Å². The van der Waals surface area contributed by atoms with Crippen LogP contribution in [0.4, 0.5) is 0 Å². The number of unbranched alkanes of at least 4 members (excludes halogenated alkanes) is 2. The van der Waals surface area contributed by atoms with Crippen LogP contribution in [0.1, 0.15) is 46.5 Å². The molecule has 0 heterocycles. The van der Waals surface area contributed by atoms with Crippen molar-refractivity contribution in [2.45, 2.75) is 46.5 Å². The molecule has 93 valence electrons. The Morgan fingerprint density at radius 1 is 0.875 bits per heavy atom. The zero-order valence-electron chi connectivity index (χ0n) is 10.4. The number of rotatable bonds is 8. The van der Waals surface area contributed by atoms with E-state index in [1.807, 2.05) is 0 Å². The molecule has 0 unspecified atom stereocenters. The molecule has 0 spiro atoms. The molecule has 0 aromatic carbocycles. The highest BCUT2D eigenvalue weighted by Crippen LogP contribution is 2.16. The van der Waals surface area contributed by atoms with Gasteiger partial charge in [0.2, 0.25) is 0 Å². The summed E-state index contributed by atoms with van der Waals surface area (Å²) in [7, 11) is 0. The van der Waals surface area contributed by atoms with Crippen molar-refractivity contribution >= 4 is 11.9 Å². The summed E-state index contributed by atoms with van der Waals surface area (Å²) in [5.74, 6) is -0.953. The van der Waals surface area contributed by atoms with Gasteiger partial charge in [-0.1, -0.05) is 26.2 Å². The first-order valence-corrected chi connectivity index (χ1v) is 5.87. The van der Waals surface area contributed by atoms with E-state index in [1.54, 1.807) is 13.8 Å². The van der Waals surface area contributed by atoms with Gasteiger partial charge in [0, 0.05) is 0 Å². The number of hydrogen-bond donors (Lipinski definition) is 0. The molecule has 0 N–H and O–H groups in total. The number of carbonyl (C=O) groups is 2. The Morgan fingerprint density at radius 2 is 1.38 bits per heavy atom. The van der Waals surface area contributed by atoms with Crippen molar-refractivity contribution in [3.8, 4) is 0 Å². The van der Waals surface area contributed by atoms with Crippen LogP contribution < -0.4 is 0 Å². The van der Waals surface area contributed by atoms with Crippen LogP contribution in [0.3, 0.4) is 0 Å². The Morgan fingerprint density at radius 3 is 1.75 bits per heavy atom. The van der Waals surface area contributed by atoms with Crippen LogP contribution in [0.5, 0.6) is 0 Å². The fourth-order valence-corrected chi connectivity index (χ4v) is 1.28. The van der Waals surface area contributed by atoms with Crippen molar-refractivity contribution in [3.05, 3.63) is 5.92 Å². The second-order valence-corrected chi connectivity index (χ2v) is 3.38. The fourth-order valence-electron chi connectivity index (χ4n) is 1.28. The van der Waals surface area contributed by atoms with E-state index in [0.717, 1.165) is 19.3 Å². The lowest BCUT2D eigenvalue weighted by Gasteiger charge is -2.12. The molecule has 0 amide bonds. The summed E-state index contributed by atoms with van der Waals surface area (Å²) < 4.78 is 9.65. The zero-order chi connectivity index (χ0) is 12.4. The molecule has 1 radical (unpaired) electrons. The molecule has 0 aliphatic heterocycles. The Balaban J connectivity index is 4.25. The van der Waals surface area contributed by atoms with Gasteiger partial charge in [-0.05, 0) is 20.3 Å². The monoisotopic (exact) mass is 229 g/mol. The predicted molar refractivity (Wildman–Crippen MR) is 60.7 cm³/mol. The minimum absolute atomic E-state index is 0.136. The molecule has 0 saturated heterocycles. The van der Waals surface area contributed by atoms with Crippen LogP contribution in [-0.2, 0) is 19.1 Å². The molecule has 0 atom stereocenters. The summed E-state index contributed by atoms with van der Waals surface area (Å²) in [5, 5.41) is 0. The van der Waals surface area contributed by atoms with Crippen LogP contribution in [0.25, 0.3) is 0 Å². The molecule has 4 nitrogen and oxygen atoms in total. The third kappa shape index (κ3) is 5.73. The van der Waals surface area contributed by atoms with E-state index in [1.165, 1.54) is 0 Å². The first-order valence-electron chi connectivity index (χ1n) is 5.87. The van der Waals surface area contributed by atoms with E-state index < -0.39 is 11.9 Å². The summed E-state index contributed by atoms with van der Waals surface area (Å²) in [6.45, 7) is 6.04. The lowest BCUT2D eigenvalue weighted by molar-refractivity contribution is -0.151. The largest absolute Gasteiger partial charge is 0.465 e. The molecule has 0 aromatic rings. The lowest BCUT2D eigenvalue weighted by atomic mass is 10.0. The maximum atomic E-state index is 11.5. The molecule has 0 fully saturated rings. The lowest BCUT2D eigenvalue weighted by Crippen LogP contribution is -2.26. The number of esters is 2. The summed E-state index contributed by atoms with van der Waals surface area (Å²) in [6.07, 6.45) is 3.27. The highest BCUT2D eigenvalue weighted by atomic mass is 16.6. The Bertz CT molecular complexity index is 195. The van der Waals surface area contributed by atoms with Gasteiger partial charge in [0.15, 0.2) is 5.92 Å². The number of hydrogen-bond acceptors (Lipinski definition) is 4. The fraction of sp³-hybridized carbons (Fsp3) is 0.750. The second-order valence-electron chi connectivity index (χ2n) is 3.38. The van der Waals surface area contributed by atoms with Crippen LogP contribution in [-0.4, -0.2) is 25.2 Å². The SMILES string of the molecule is CCCCC[C](C(=O)OCC)C(=O)OCC. The standard InChI is InChI=1S/C12H21O4/c1-4-7-8-9-10(11(13)15-5-2)12(14)16-6-3/h4-9H2,1-3H3. The van der Waals surface area contributed by atoms with Crippen molar-refractivity contribution in [2.75, 3.05) is 13.2 Å². The predicted octanol–water partition coefficient (Wildman–Crippen LogP) is 2.27. The second kappa shape index (κ2) is 9.19. The molecule has 0 aliphatic carbocycles. The van der Waals surface area contributed by atoms with Crippen LogP contribution in [0.2, 0.25) is 0 Å².